The lowest BCUT2D eigenvalue weighted by atomic mass is 10.2. The van der Waals surface area contributed by atoms with Gasteiger partial charge < -0.3 is 14.4 Å². The molecule has 1 N–H and O–H groups in total. The van der Waals surface area contributed by atoms with Crippen LogP contribution in [-0.2, 0) is 17.9 Å². The van der Waals surface area contributed by atoms with Crippen LogP contribution in [0.5, 0.6) is 0 Å². The summed E-state index contributed by atoms with van der Waals surface area (Å²) >= 11 is 0. The van der Waals surface area contributed by atoms with Gasteiger partial charge in [0.25, 0.3) is 0 Å². The van der Waals surface area contributed by atoms with Crippen molar-refractivity contribution in [1.82, 2.24) is 4.57 Å². The zero-order chi connectivity index (χ0) is 10.8. The second-order valence-corrected chi connectivity index (χ2v) is 4.30. The molecule has 0 bridgehead atoms. The average Bonchev–Trinajstić information content (AvgIpc) is 2.81. The van der Waals surface area contributed by atoms with Crippen LogP contribution in [0.2, 0.25) is 0 Å². The Bertz CT molecular complexity index is 338. The molecule has 0 saturated carbocycles. The number of aliphatic hydroxyl groups is 1. The van der Waals surface area contributed by atoms with Crippen molar-refractivity contribution in [2.75, 3.05) is 6.61 Å². The van der Waals surface area contributed by atoms with Crippen molar-refractivity contribution in [3.8, 4) is 0 Å². The summed E-state index contributed by atoms with van der Waals surface area (Å²) in [4.78, 5) is 0. The average molecular weight is 209 g/mol. The summed E-state index contributed by atoms with van der Waals surface area (Å²) in [7, 11) is 0. The molecule has 0 radical (unpaired) electrons. The van der Waals surface area contributed by atoms with Crippen molar-refractivity contribution in [3.05, 3.63) is 23.0 Å². The van der Waals surface area contributed by atoms with Crippen molar-refractivity contribution in [2.45, 2.75) is 45.9 Å². The quantitative estimate of drug-likeness (QED) is 0.823. The van der Waals surface area contributed by atoms with E-state index in [1.807, 2.05) is 0 Å². The molecular formula is C12H19NO2. The number of aromatic nitrogens is 1. The molecule has 2 rings (SSSR count). The van der Waals surface area contributed by atoms with Gasteiger partial charge in [0, 0.05) is 24.5 Å². The lowest BCUT2D eigenvalue weighted by molar-refractivity contribution is 0.0961. The van der Waals surface area contributed by atoms with Gasteiger partial charge in [-0.25, -0.2) is 0 Å². The monoisotopic (exact) mass is 209 g/mol. The van der Waals surface area contributed by atoms with Crippen molar-refractivity contribution in [2.24, 2.45) is 0 Å². The van der Waals surface area contributed by atoms with E-state index in [9.17, 15) is 5.11 Å². The number of nitrogens with zero attached hydrogens (tertiary/aromatic N) is 1. The first-order valence-corrected chi connectivity index (χ1v) is 5.60. The maximum absolute atomic E-state index is 9.17. The zero-order valence-corrected chi connectivity index (χ0v) is 9.49. The summed E-state index contributed by atoms with van der Waals surface area (Å²) in [6.45, 7) is 6.11. The van der Waals surface area contributed by atoms with Gasteiger partial charge in [0.2, 0.25) is 0 Å². The van der Waals surface area contributed by atoms with E-state index in [0.717, 1.165) is 25.1 Å². The fourth-order valence-corrected chi connectivity index (χ4v) is 2.31. The predicted molar refractivity (Wildman–Crippen MR) is 58.8 cm³/mol. The van der Waals surface area contributed by atoms with Gasteiger partial charge in [-0.2, -0.15) is 0 Å². The smallest absolute Gasteiger partial charge is 0.0754 e. The Balaban J connectivity index is 2.15. The van der Waals surface area contributed by atoms with Gasteiger partial charge in [0.1, 0.15) is 0 Å². The molecule has 0 aliphatic carbocycles. The first kappa shape index (κ1) is 10.7. The molecule has 2 heterocycles. The van der Waals surface area contributed by atoms with E-state index in [1.165, 1.54) is 17.8 Å². The highest BCUT2D eigenvalue weighted by atomic mass is 16.5. The van der Waals surface area contributed by atoms with Crippen LogP contribution in [-0.4, -0.2) is 22.4 Å². The first-order valence-electron chi connectivity index (χ1n) is 5.60. The number of hydrogen-bond acceptors (Lipinski definition) is 2. The van der Waals surface area contributed by atoms with Gasteiger partial charge in [-0.15, -0.1) is 0 Å². The summed E-state index contributed by atoms with van der Waals surface area (Å²) in [5, 5.41) is 9.17. The largest absolute Gasteiger partial charge is 0.392 e. The Labute approximate surface area is 90.7 Å². The standard InChI is InChI=1S/C12H19NO2/c1-9-6-11(8-14)10(2)13(9)7-12-4-3-5-15-12/h6,12,14H,3-5,7-8H2,1-2H3/t12-/m1/s1. The summed E-state index contributed by atoms with van der Waals surface area (Å²) in [6.07, 6.45) is 2.70. The fraction of sp³-hybridized carbons (Fsp3) is 0.667. The minimum absolute atomic E-state index is 0.130. The Morgan fingerprint density at radius 1 is 1.53 bits per heavy atom. The first-order chi connectivity index (χ1) is 7.22. The molecule has 1 aliphatic heterocycles. The molecule has 3 heteroatoms. The molecule has 0 aromatic carbocycles. The molecule has 84 valence electrons. The summed E-state index contributed by atoms with van der Waals surface area (Å²) in [5.74, 6) is 0. The van der Waals surface area contributed by atoms with Gasteiger partial charge in [0.15, 0.2) is 0 Å². The molecule has 0 spiro atoms. The van der Waals surface area contributed by atoms with Crippen LogP contribution < -0.4 is 0 Å². The van der Waals surface area contributed by atoms with E-state index >= 15 is 0 Å². The molecule has 1 aromatic rings. The Morgan fingerprint density at radius 3 is 2.87 bits per heavy atom. The van der Waals surface area contributed by atoms with Crippen LogP contribution in [0.15, 0.2) is 6.07 Å². The van der Waals surface area contributed by atoms with Crippen LogP contribution in [0, 0.1) is 13.8 Å². The molecular weight excluding hydrogens is 190 g/mol. The minimum Gasteiger partial charge on any atom is -0.392 e. The van der Waals surface area contributed by atoms with Crippen molar-refractivity contribution in [1.29, 1.82) is 0 Å². The lowest BCUT2D eigenvalue weighted by Crippen LogP contribution is -2.16. The maximum atomic E-state index is 9.17. The van der Waals surface area contributed by atoms with Gasteiger partial charge in [-0.05, 0) is 38.3 Å². The second kappa shape index (κ2) is 4.37. The van der Waals surface area contributed by atoms with Crippen molar-refractivity contribution < 1.29 is 9.84 Å². The zero-order valence-electron chi connectivity index (χ0n) is 9.49. The molecule has 3 nitrogen and oxygen atoms in total. The van der Waals surface area contributed by atoms with Crippen molar-refractivity contribution >= 4 is 0 Å². The highest BCUT2D eigenvalue weighted by Gasteiger charge is 2.18. The Kier molecular flexibility index (Phi) is 3.12. The maximum Gasteiger partial charge on any atom is 0.0754 e. The highest BCUT2D eigenvalue weighted by Crippen LogP contribution is 2.20. The van der Waals surface area contributed by atoms with Crippen LogP contribution >= 0.6 is 0 Å². The Hall–Kier alpha value is -0.800. The van der Waals surface area contributed by atoms with Crippen LogP contribution in [0.25, 0.3) is 0 Å². The fourth-order valence-electron chi connectivity index (χ4n) is 2.31. The third-order valence-electron chi connectivity index (χ3n) is 3.26. The van der Waals surface area contributed by atoms with Gasteiger partial charge in [0.05, 0.1) is 12.7 Å². The number of rotatable bonds is 3. The topological polar surface area (TPSA) is 34.4 Å². The van der Waals surface area contributed by atoms with Crippen LogP contribution in [0.4, 0.5) is 0 Å². The van der Waals surface area contributed by atoms with Crippen LogP contribution in [0.3, 0.4) is 0 Å². The van der Waals surface area contributed by atoms with E-state index < -0.39 is 0 Å². The molecule has 1 saturated heterocycles. The van der Waals surface area contributed by atoms with E-state index in [2.05, 4.69) is 24.5 Å². The molecule has 1 aromatic heterocycles. The number of aryl methyl sites for hydroxylation is 1. The van der Waals surface area contributed by atoms with Crippen LogP contribution in [0.1, 0.15) is 29.8 Å². The number of hydrogen-bond donors (Lipinski definition) is 1. The third kappa shape index (κ3) is 2.08. The van der Waals surface area contributed by atoms with Gasteiger partial charge >= 0.3 is 0 Å². The molecule has 0 amide bonds. The Morgan fingerprint density at radius 2 is 2.33 bits per heavy atom. The summed E-state index contributed by atoms with van der Waals surface area (Å²) in [5.41, 5.74) is 3.42. The van der Waals surface area contributed by atoms with Gasteiger partial charge in [-0.1, -0.05) is 0 Å². The molecule has 1 aliphatic rings. The van der Waals surface area contributed by atoms with E-state index in [0.29, 0.717) is 6.10 Å². The van der Waals surface area contributed by atoms with Crippen molar-refractivity contribution in [3.63, 3.8) is 0 Å². The molecule has 0 unspecified atom stereocenters. The second-order valence-electron chi connectivity index (χ2n) is 4.30. The highest BCUT2D eigenvalue weighted by molar-refractivity contribution is 5.26. The number of ether oxygens (including phenoxy) is 1. The van der Waals surface area contributed by atoms with E-state index in [1.54, 1.807) is 0 Å². The summed E-state index contributed by atoms with van der Waals surface area (Å²) in [6, 6.07) is 2.06. The third-order valence-corrected chi connectivity index (χ3v) is 3.26. The SMILES string of the molecule is Cc1cc(CO)c(C)n1C[C@H]1CCCO1. The summed E-state index contributed by atoms with van der Waals surface area (Å²) < 4.78 is 7.88. The lowest BCUT2D eigenvalue weighted by Gasteiger charge is -2.14. The van der Waals surface area contributed by atoms with E-state index in [4.69, 9.17) is 4.74 Å². The molecule has 15 heavy (non-hydrogen) atoms. The number of aliphatic hydroxyl groups excluding tert-OH is 1. The molecule has 1 atom stereocenters. The van der Waals surface area contributed by atoms with Gasteiger partial charge in [-0.3, -0.25) is 0 Å². The van der Waals surface area contributed by atoms with E-state index in [-0.39, 0.29) is 6.61 Å². The normalized spacial score (nSPS) is 21.1. The predicted octanol–water partition coefficient (Wildman–Crippen LogP) is 1.78. The molecule has 1 fully saturated rings. The minimum atomic E-state index is 0.130.